The number of hydrogen-bond acceptors (Lipinski definition) is 2. The summed E-state index contributed by atoms with van der Waals surface area (Å²) in [6.45, 7) is 3.01. The Morgan fingerprint density at radius 3 is 2.24 bits per heavy atom. The summed E-state index contributed by atoms with van der Waals surface area (Å²) < 4.78 is 52.7. The predicted octanol–water partition coefficient (Wildman–Crippen LogP) is 4.85. The number of hydrogen-bond donors (Lipinski definition) is 1. The van der Waals surface area contributed by atoms with E-state index in [1.807, 2.05) is 6.07 Å². The summed E-state index contributed by atoms with van der Waals surface area (Å²) in [6, 6.07) is 7.34. The van der Waals surface area contributed by atoms with E-state index < -0.39 is 47.3 Å². The van der Waals surface area contributed by atoms with Gasteiger partial charge in [0.05, 0.1) is 11.1 Å². The summed E-state index contributed by atoms with van der Waals surface area (Å²) >= 11 is 5.59. The highest BCUT2D eigenvalue weighted by molar-refractivity contribution is 6.32. The van der Waals surface area contributed by atoms with E-state index in [1.54, 1.807) is 31.2 Å². The van der Waals surface area contributed by atoms with Crippen LogP contribution in [0.4, 0.5) is 17.6 Å². The van der Waals surface area contributed by atoms with Crippen molar-refractivity contribution < 1.29 is 22.4 Å². The molecule has 0 radical (unpaired) electrons. The number of nitrogens with zero attached hydrogens (tertiary/aromatic N) is 2. The van der Waals surface area contributed by atoms with Crippen molar-refractivity contribution in [1.82, 2.24) is 15.1 Å². The zero-order valence-corrected chi connectivity index (χ0v) is 14.1. The quantitative estimate of drug-likeness (QED) is 0.731. The molecule has 0 bridgehead atoms. The van der Waals surface area contributed by atoms with Gasteiger partial charge in [-0.15, -0.1) is 0 Å². The summed E-state index contributed by atoms with van der Waals surface area (Å²) in [4.78, 5) is 12.3. The molecule has 2 aromatic rings. The van der Waals surface area contributed by atoms with E-state index in [0.29, 0.717) is 4.68 Å². The lowest BCUT2D eigenvalue weighted by Gasteiger charge is -2.19. The van der Waals surface area contributed by atoms with Crippen LogP contribution in [0.3, 0.4) is 0 Å². The summed E-state index contributed by atoms with van der Waals surface area (Å²) in [6.07, 6.45) is -6.26. The van der Waals surface area contributed by atoms with Crippen LogP contribution >= 0.6 is 11.6 Å². The maximum atomic E-state index is 13.2. The number of aromatic nitrogens is 2. The largest absolute Gasteiger partial charge is 0.348 e. The first-order valence-electron chi connectivity index (χ1n) is 7.43. The Morgan fingerprint density at radius 1 is 1.12 bits per heavy atom. The van der Waals surface area contributed by atoms with Gasteiger partial charge in [-0.1, -0.05) is 41.9 Å². The van der Waals surface area contributed by atoms with E-state index in [4.69, 9.17) is 11.6 Å². The van der Waals surface area contributed by atoms with Crippen LogP contribution in [-0.2, 0) is 4.79 Å². The van der Waals surface area contributed by atoms with Crippen molar-refractivity contribution in [2.24, 2.45) is 0 Å². The molecule has 1 aromatic carbocycles. The normalized spacial score (nSPS) is 14.0. The second-order valence-electron chi connectivity index (χ2n) is 5.45. The molecule has 0 spiro atoms. The molecule has 1 N–H and O–H groups in total. The molecule has 0 aliphatic rings. The van der Waals surface area contributed by atoms with Gasteiger partial charge in [0.1, 0.15) is 17.4 Å². The molecule has 2 rings (SSSR count). The van der Waals surface area contributed by atoms with Crippen molar-refractivity contribution in [3.63, 3.8) is 0 Å². The maximum absolute atomic E-state index is 13.2. The molecule has 1 heterocycles. The van der Waals surface area contributed by atoms with Gasteiger partial charge in [0.15, 0.2) is 0 Å². The van der Waals surface area contributed by atoms with Crippen LogP contribution in [0.25, 0.3) is 0 Å². The second kappa shape index (κ2) is 7.86. The first-order chi connectivity index (χ1) is 11.7. The summed E-state index contributed by atoms with van der Waals surface area (Å²) in [5, 5.41) is 5.25. The van der Waals surface area contributed by atoms with Crippen LogP contribution in [-0.4, -0.2) is 15.7 Å². The first kappa shape index (κ1) is 19.2. The number of carbonyl (C=O) groups excluding carboxylic acids is 1. The monoisotopic (exact) mass is 377 g/mol. The molecule has 2 unspecified atom stereocenters. The number of nitrogens with one attached hydrogen (secondary N) is 1. The summed E-state index contributed by atoms with van der Waals surface area (Å²) in [5.74, 6) is -0.641. The van der Waals surface area contributed by atoms with E-state index in [9.17, 15) is 22.4 Å². The molecule has 1 aromatic heterocycles. The zero-order chi connectivity index (χ0) is 18.7. The fourth-order valence-electron chi connectivity index (χ4n) is 2.35. The van der Waals surface area contributed by atoms with Gasteiger partial charge in [-0.05, 0) is 19.4 Å². The molecule has 9 heteroatoms. The Bertz CT molecular complexity index is 736. The number of carbonyl (C=O) groups is 1. The molecule has 136 valence electrons. The third kappa shape index (κ3) is 4.12. The Hall–Kier alpha value is -2.09. The Balaban J connectivity index is 2.26. The van der Waals surface area contributed by atoms with Crippen molar-refractivity contribution in [2.75, 3.05) is 0 Å². The van der Waals surface area contributed by atoms with Gasteiger partial charge >= 0.3 is 0 Å². The van der Waals surface area contributed by atoms with Crippen LogP contribution in [0.1, 0.15) is 55.7 Å². The lowest BCUT2D eigenvalue weighted by molar-refractivity contribution is -0.125. The topological polar surface area (TPSA) is 46.9 Å². The van der Waals surface area contributed by atoms with E-state index in [1.165, 1.54) is 6.92 Å². The highest BCUT2D eigenvalue weighted by Gasteiger charge is 2.32. The zero-order valence-electron chi connectivity index (χ0n) is 13.4. The first-order valence-corrected chi connectivity index (χ1v) is 7.81. The molecule has 0 aliphatic heterocycles. The van der Waals surface area contributed by atoms with Gasteiger partial charge < -0.3 is 5.32 Å². The molecule has 0 saturated heterocycles. The van der Waals surface area contributed by atoms with E-state index in [2.05, 4.69) is 10.4 Å². The van der Waals surface area contributed by atoms with Gasteiger partial charge in [0.2, 0.25) is 5.91 Å². The van der Waals surface area contributed by atoms with Crippen molar-refractivity contribution in [3.8, 4) is 0 Å². The van der Waals surface area contributed by atoms with Crippen LogP contribution in [0.2, 0.25) is 5.02 Å². The molecule has 0 saturated carbocycles. The molecular formula is C16H16ClF4N3O. The third-order valence-electron chi connectivity index (χ3n) is 3.73. The van der Waals surface area contributed by atoms with Crippen LogP contribution in [0.5, 0.6) is 0 Å². The highest BCUT2D eigenvalue weighted by Crippen LogP contribution is 2.36. The van der Waals surface area contributed by atoms with Gasteiger partial charge in [0, 0.05) is 0 Å². The summed E-state index contributed by atoms with van der Waals surface area (Å²) in [7, 11) is 0. The van der Waals surface area contributed by atoms with Gasteiger partial charge in [-0.3, -0.25) is 4.79 Å². The van der Waals surface area contributed by atoms with E-state index >= 15 is 0 Å². The highest BCUT2D eigenvalue weighted by atomic mass is 35.5. The van der Waals surface area contributed by atoms with E-state index in [-0.39, 0.29) is 0 Å². The fourth-order valence-corrected chi connectivity index (χ4v) is 2.64. The molecule has 2 atom stereocenters. The smallest absolute Gasteiger partial charge is 0.283 e. The standard InChI is InChI=1S/C16H16ClF4N3O/c1-8(10-6-4-3-5-7-10)22-16(25)9(2)24-13(15(20)21)11(17)12(23-24)14(18)19/h3-9,14-15H,1-2H3,(H,22,25). The maximum Gasteiger partial charge on any atom is 0.283 e. The SMILES string of the molecule is CC(NC(=O)C(C)n1nc(C(F)F)c(Cl)c1C(F)F)c1ccccc1. The Kier molecular flexibility index (Phi) is 6.05. The second-order valence-corrected chi connectivity index (χ2v) is 5.83. The van der Waals surface area contributed by atoms with Gasteiger partial charge in [-0.25, -0.2) is 22.2 Å². The fraction of sp³-hybridized carbons (Fsp3) is 0.375. The molecule has 1 amide bonds. The number of amides is 1. The Labute approximate surface area is 146 Å². The lowest BCUT2D eigenvalue weighted by atomic mass is 10.1. The minimum atomic E-state index is -3.14. The molecule has 0 aliphatic carbocycles. The average molecular weight is 378 g/mol. The van der Waals surface area contributed by atoms with Crippen LogP contribution in [0.15, 0.2) is 30.3 Å². The Morgan fingerprint density at radius 2 is 1.72 bits per heavy atom. The van der Waals surface area contributed by atoms with Crippen molar-refractivity contribution in [1.29, 1.82) is 0 Å². The molecule has 25 heavy (non-hydrogen) atoms. The minimum Gasteiger partial charge on any atom is -0.348 e. The van der Waals surface area contributed by atoms with Gasteiger partial charge in [0.25, 0.3) is 12.9 Å². The minimum absolute atomic E-state index is 0.397. The van der Waals surface area contributed by atoms with Gasteiger partial charge in [-0.2, -0.15) is 5.10 Å². The predicted molar refractivity (Wildman–Crippen MR) is 84.9 cm³/mol. The molecule has 4 nitrogen and oxygen atoms in total. The number of benzene rings is 1. The third-order valence-corrected chi connectivity index (χ3v) is 4.12. The number of alkyl halides is 4. The number of halogens is 5. The lowest BCUT2D eigenvalue weighted by Crippen LogP contribution is -2.34. The van der Waals surface area contributed by atoms with Crippen molar-refractivity contribution >= 4 is 17.5 Å². The van der Waals surface area contributed by atoms with Crippen molar-refractivity contribution in [2.45, 2.75) is 38.8 Å². The van der Waals surface area contributed by atoms with Crippen LogP contribution < -0.4 is 5.32 Å². The molecule has 0 fully saturated rings. The number of rotatable bonds is 6. The average Bonchev–Trinajstić information content (AvgIpc) is 2.92. The molecular weight excluding hydrogens is 362 g/mol. The van der Waals surface area contributed by atoms with E-state index in [0.717, 1.165) is 5.56 Å². The summed E-state index contributed by atoms with van der Waals surface area (Å²) in [5.41, 5.74) is -1.05. The van der Waals surface area contributed by atoms with Crippen LogP contribution in [0, 0.1) is 0 Å². The van der Waals surface area contributed by atoms with Crippen molar-refractivity contribution in [3.05, 3.63) is 52.3 Å².